The van der Waals surface area contributed by atoms with Crippen molar-refractivity contribution >= 4 is 11.7 Å². The molecule has 92 valence electrons. The maximum Gasteiger partial charge on any atom is 0.316 e. The molecule has 2 aromatic rings. The van der Waals surface area contributed by atoms with Crippen molar-refractivity contribution in [3.8, 4) is 0 Å². The van der Waals surface area contributed by atoms with E-state index in [1.165, 1.54) is 11.1 Å². The second kappa shape index (κ2) is 5.87. The molecule has 0 aliphatic rings. The second-order valence-electron chi connectivity index (χ2n) is 4.18. The molecule has 3 heteroatoms. The van der Waals surface area contributed by atoms with Gasteiger partial charge in [0.1, 0.15) is 0 Å². The summed E-state index contributed by atoms with van der Waals surface area (Å²) in [7, 11) is 0. The molecule has 0 aliphatic carbocycles. The molecule has 2 amide bonds. The largest absolute Gasteiger partial charge is 0.351 e. The minimum absolute atomic E-state index is 0.532. The molecule has 2 aromatic carbocycles. The van der Waals surface area contributed by atoms with Gasteiger partial charge in [0, 0.05) is 5.69 Å². The smallest absolute Gasteiger partial charge is 0.316 e. The van der Waals surface area contributed by atoms with Gasteiger partial charge in [-0.05, 0) is 36.1 Å². The molecule has 0 atom stereocenters. The number of aryl methyl sites for hydroxylation is 2. The highest BCUT2D eigenvalue weighted by Gasteiger charge is 1.99. The summed E-state index contributed by atoms with van der Waals surface area (Å²) in [6.45, 7) is 0. The lowest BCUT2D eigenvalue weighted by molar-refractivity contribution is 0.259. The normalized spacial score (nSPS) is 10.0. The van der Waals surface area contributed by atoms with E-state index in [4.69, 9.17) is 5.73 Å². The van der Waals surface area contributed by atoms with E-state index in [0.717, 1.165) is 18.5 Å². The first-order valence-corrected chi connectivity index (χ1v) is 5.93. The summed E-state index contributed by atoms with van der Waals surface area (Å²) in [5, 5.41) is 2.58. The lowest BCUT2D eigenvalue weighted by Crippen LogP contribution is -2.19. The van der Waals surface area contributed by atoms with Crippen molar-refractivity contribution < 1.29 is 4.79 Å². The van der Waals surface area contributed by atoms with Crippen LogP contribution in [0.4, 0.5) is 10.5 Å². The van der Waals surface area contributed by atoms with Gasteiger partial charge >= 0.3 is 6.03 Å². The van der Waals surface area contributed by atoms with E-state index >= 15 is 0 Å². The Morgan fingerprint density at radius 1 is 0.944 bits per heavy atom. The summed E-state index contributed by atoms with van der Waals surface area (Å²) in [6, 6.07) is 17.6. The van der Waals surface area contributed by atoms with Gasteiger partial charge < -0.3 is 11.1 Å². The van der Waals surface area contributed by atoms with Gasteiger partial charge in [-0.25, -0.2) is 4.79 Å². The van der Waals surface area contributed by atoms with E-state index in [9.17, 15) is 4.79 Å². The van der Waals surface area contributed by atoms with Crippen LogP contribution in [0, 0.1) is 0 Å². The van der Waals surface area contributed by atoms with Crippen molar-refractivity contribution in [3.05, 3.63) is 65.7 Å². The van der Waals surface area contributed by atoms with Crippen LogP contribution in [-0.2, 0) is 12.8 Å². The summed E-state index contributed by atoms with van der Waals surface area (Å²) in [5.74, 6) is 0. The number of amides is 2. The number of carbonyl (C=O) groups is 1. The van der Waals surface area contributed by atoms with Gasteiger partial charge in [-0.2, -0.15) is 0 Å². The standard InChI is InChI=1S/C15H16N2O/c16-15(18)17-14-8-4-7-13(11-14)10-9-12-5-2-1-3-6-12/h1-8,11H,9-10H2,(H3,16,17,18). The topological polar surface area (TPSA) is 55.1 Å². The zero-order valence-corrected chi connectivity index (χ0v) is 10.1. The van der Waals surface area contributed by atoms with E-state index in [1.807, 2.05) is 36.4 Å². The lowest BCUT2D eigenvalue weighted by Gasteiger charge is -2.05. The Balaban J connectivity index is 1.99. The third-order valence-electron chi connectivity index (χ3n) is 2.74. The SMILES string of the molecule is NC(=O)Nc1cccc(CCc2ccccc2)c1. The summed E-state index contributed by atoms with van der Waals surface area (Å²) in [4.78, 5) is 10.8. The summed E-state index contributed by atoms with van der Waals surface area (Å²) in [5.41, 5.74) is 8.33. The molecule has 0 bridgehead atoms. The Morgan fingerprint density at radius 3 is 2.33 bits per heavy atom. The summed E-state index contributed by atoms with van der Waals surface area (Å²) >= 11 is 0. The Hall–Kier alpha value is -2.29. The quantitative estimate of drug-likeness (QED) is 0.848. The molecule has 0 radical (unpaired) electrons. The number of primary amides is 1. The zero-order valence-electron chi connectivity index (χ0n) is 10.1. The first-order valence-electron chi connectivity index (χ1n) is 5.93. The highest BCUT2D eigenvalue weighted by Crippen LogP contribution is 2.13. The number of hydrogen-bond donors (Lipinski definition) is 2. The van der Waals surface area contributed by atoms with E-state index in [-0.39, 0.29) is 0 Å². The van der Waals surface area contributed by atoms with E-state index in [0.29, 0.717) is 0 Å². The van der Waals surface area contributed by atoms with Crippen LogP contribution in [-0.4, -0.2) is 6.03 Å². The second-order valence-corrected chi connectivity index (χ2v) is 4.18. The number of benzene rings is 2. The van der Waals surface area contributed by atoms with E-state index in [1.54, 1.807) is 0 Å². The fourth-order valence-electron chi connectivity index (χ4n) is 1.88. The molecular weight excluding hydrogens is 224 g/mol. The summed E-state index contributed by atoms with van der Waals surface area (Å²) in [6.07, 6.45) is 1.93. The average molecular weight is 240 g/mol. The fraction of sp³-hybridized carbons (Fsp3) is 0.133. The monoisotopic (exact) mass is 240 g/mol. The number of carbonyl (C=O) groups excluding carboxylic acids is 1. The highest BCUT2D eigenvalue weighted by atomic mass is 16.2. The minimum Gasteiger partial charge on any atom is -0.351 e. The number of hydrogen-bond acceptors (Lipinski definition) is 1. The van der Waals surface area contributed by atoms with Crippen molar-refractivity contribution in [1.82, 2.24) is 0 Å². The van der Waals surface area contributed by atoms with Crippen molar-refractivity contribution in [2.24, 2.45) is 5.73 Å². The third-order valence-corrected chi connectivity index (χ3v) is 2.74. The molecule has 0 fully saturated rings. The number of nitrogens with one attached hydrogen (secondary N) is 1. The Labute approximate surface area is 107 Å². The van der Waals surface area contributed by atoms with Crippen LogP contribution in [0.1, 0.15) is 11.1 Å². The number of nitrogens with two attached hydrogens (primary N) is 1. The Morgan fingerprint density at radius 2 is 1.61 bits per heavy atom. The molecule has 0 heterocycles. The predicted octanol–water partition coefficient (Wildman–Crippen LogP) is 2.96. The lowest BCUT2D eigenvalue weighted by atomic mass is 10.0. The van der Waals surface area contributed by atoms with Crippen molar-refractivity contribution in [1.29, 1.82) is 0 Å². The van der Waals surface area contributed by atoms with Crippen LogP contribution in [0.25, 0.3) is 0 Å². The molecule has 0 saturated heterocycles. The maximum absolute atomic E-state index is 10.8. The van der Waals surface area contributed by atoms with Gasteiger partial charge in [0.05, 0.1) is 0 Å². The molecule has 0 unspecified atom stereocenters. The Bertz CT molecular complexity index is 523. The molecule has 3 N–H and O–H groups in total. The van der Waals surface area contributed by atoms with Gasteiger partial charge in [0.2, 0.25) is 0 Å². The molecule has 2 rings (SSSR count). The van der Waals surface area contributed by atoms with Crippen LogP contribution in [0.5, 0.6) is 0 Å². The van der Waals surface area contributed by atoms with Crippen molar-refractivity contribution in [2.75, 3.05) is 5.32 Å². The summed E-state index contributed by atoms with van der Waals surface area (Å²) < 4.78 is 0. The molecular formula is C15H16N2O. The maximum atomic E-state index is 10.8. The minimum atomic E-state index is -0.532. The van der Waals surface area contributed by atoms with Gasteiger partial charge in [-0.1, -0.05) is 42.5 Å². The van der Waals surface area contributed by atoms with Crippen LogP contribution < -0.4 is 11.1 Å². The zero-order chi connectivity index (χ0) is 12.8. The van der Waals surface area contributed by atoms with Crippen molar-refractivity contribution in [3.63, 3.8) is 0 Å². The van der Waals surface area contributed by atoms with Crippen LogP contribution in [0.15, 0.2) is 54.6 Å². The third kappa shape index (κ3) is 3.63. The number of anilines is 1. The molecule has 0 aromatic heterocycles. The molecule has 0 aliphatic heterocycles. The molecule has 0 saturated carbocycles. The van der Waals surface area contributed by atoms with Gasteiger partial charge in [-0.3, -0.25) is 0 Å². The van der Waals surface area contributed by atoms with Crippen molar-refractivity contribution in [2.45, 2.75) is 12.8 Å². The average Bonchev–Trinajstić information content (AvgIpc) is 2.37. The van der Waals surface area contributed by atoms with Gasteiger partial charge in [0.15, 0.2) is 0 Å². The molecule has 0 spiro atoms. The predicted molar refractivity (Wildman–Crippen MR) is 73.5 cm³/mol. The number of urea groups is 1. The molecule has 3 nitrogen and oxygen atoms in total. The van der Waals surface area contributed by atoms with Crippen LogP contribution in [0.3, 0.4) is 0 Å². The first kappa shape index (κ1) is 12.2. The number of rotatable bonds is 4. The molecule has 18 heavy (non-hydrogen) atoms. The van der Waals surface area contributed by atoms with E-state index in [2.05, 4.69) is 23.5 Å². The van der Waals surface area contributed by atoms with Gasteiger partial charge in [0.25, 0.3) is 0 Å². The van der Waals surface area contributed by atoms with E-state index < -0.39 is 6.03 Å². The Kier molecular flexibility index (Phi) is 3.97. The van der Waals surface area contributed by atoms with Crippen LogP contribution in [0.2, 0.25) is 0 Å². The first-order chi connectivity index (χ1) is 8.74. The fourth-order valence-corrected chi connectivity index (χ4v) is 1.88. The highest BCUT2D eigenvalue weighted by molar-refractivity contribution is 5.87. The van der Waals surface area contributed by atoms with Gasteiger partial charge in [-0.15, -0.1) is 0 Å². The van der Waals surface area contributed by atoms with Crippen LogP contribution >= 0.6 is 0 Å².